The standard InChI is InChI=1S/C11H17ClN2O3/c1-3-5-17-8-10(15)11-9(12)7-13-14(11)4-6-16-2/h7H,3-6,8H2,1-2H3. The Kier molecular flexibility index (Phi) is 6.18. The molecule has 1 aromatic rings. The lowest BCUT2D eigenvalue weighted by atomic mass is 10.3. The second-order valence-corrected chi connectivity index (χ2v) is 3.94. The molecule has 0 saturated heterocycles. The van der Waals surface area contributed by atoms with E-state index in [0.717, 1.165) is 6.42 Å². The van der Waals surface area contributed by atoms with Gasteiger partial charge in [0.2, 0.25) is 5.78 Å². The molecule has 17 heavy (non-hydrogen) atoms. The van der Waals surface area contributed by atoms with Gasteiger partial charge in [0.05, 0.1) is 24.4 Å². The van der Waals surface area contributed by atoms with Gasteiger partial charge in [-0.05, 0) is 6.42 Å². The second-order valence-electron chi connectivity index (χ2n) is 3.53. The fourth-order valence-corrected chi connectivity index (χ4v) is 1.61. The molecule has 0 radical (unpaired) electrons. The molecule has 1 rings (SSSR count). The largest absolute Gasteiger partial charge is 0.383 e. The average Bonchev–Trinajstić information content (AvgIpc) is 2.68. The fourth-order valence-electron chi connectivity index (χ4n) is 1.36. The van der Waals surface area contributed by atoms with Crippen molar-refractivity contribution in [1.29, 1.82) is 0 Å². The molecule has 0 spiro atoms. The summed E-state index contributed by atoms with van der Waals surface area (Å²) in [7, 11) is 1.59. The van der Waals surface area contributed by atoms with E-state index in [1.165, 1.54) is 6.20 Å². The van der Waals surface area contributed by atoms with Gasteiger partial charge in [0.15, 0.2) is 0 Å². The van der Waals surface area contributed by atoms with E-state index >= 15 is 0 Å². The number of Topliss-reactive ketones (excluding diaryl/α,β-unsaturated/α-hetero) is 1. The number of nitrogens with zero attached hydrogens (tertiary/aromatic N) is 2. The molecule has 0 aliphatic carbocycles. The molecule has 1 heterocycles. The molecule has 0 aliphatic heterocycles. The molecule has 0 unspecified atom stereocenters. The Bertz CT molecular complexity index is 366. The van der Waals surface area contributed by atoms with Crippen LogP contribution in [0.1, 0.15) is 23.8 Å². The van der Waals surface area contributed by atoms with Crippen LogP contribution in [0.5, 0.6) is 0 Å². The van der Waals surface area contributed by atoms with Crippen LogP contribution in [0.2, 0.25) is 5.02 Å². The SMILES string of the molecule is CCCOCC(=O)c1c(Cl)cnn1CCOC. The highest BCUT2D eigenvalue weighted by molar-refractivity contribution is 6.33. The zero-order valence-corrected chi connectivity index (χ0v) is 10.9. The van der Waals surface area contributed by atoms with Gasteiger partial charge in [-0.25, -0.2) is 0 Å². The third-order valence-corrected chi connectivity index (χ3v) is 2.42. The number of ketones is 1. The lowest BCUT2D eigenvalue weighted by Crippen LogP contribution is -2.18. The zero-order valence-electron chi connectivity index (χ0n) is 10.1. The third kappa shape index (κ3) is 4.11. The minimum atomic E-state index is -0.156. The Morgan fingerprint density at radius 3 is 2.94 bits per heavy atom. The Balaban J connectivity index is 2.66. The number of rotatable bonds is 8. The van der Waals surface area contributed by atoms with Gasteiger partial charge in [-0.1, -0.05) is 18.5 Å². The van der Waals surface area contributed by atoms with Gasteiger partial charge >= 0.3 is 0 Å². The maximum atomic E-state index is 11.9. The molecule has 0 aliphatic rings. The van der Waals surface area contributed by atoms with E-state index in [-0.39, 0.29) is 12.4 Å². The highest BCUT2D eigenvalue weighted by atomic mass is 35.5. The summed E-state index contributed by atoms with van der Waals surface area (Å²) in [5, 5.41) is 4.38. The molecule has 0 N–H and O–H groups in total. The van der Waals surface area contributed by atoms with Gasteiger partial charge in [-0.3, -0.25) is 9.48 Å². The van der Waals surface area contributed by atoms with Gasteiger partial charge < -0.3 is 9.47 Å². The third-order valence-electron chi connectivity index (χ3n) is 2.15. The Morgan fingerprint density at radius 1 is 1.53 bits per heavy atom. The minimum absolute atomic E-state index is 0.0340. The molecule has 0 aromatic carbocycles. The average molecular weight is 261 g/mol. The summed E-state index contributed by atoms with van der Waals surface area (Å²) in [5.41, 5.74) is 0.389. The summed E-state index contributed by atoms with van der Waals surface area (Å²) in [4.78, 5) is 11.9. The van der Waals surface area contributed by atoms with Gasteiger partial charge in [-0.15, -0.1) is 0 Å². The predicted molar refractivity (Wildman–Crippen MR) is 64.6 cm³/mol. The number of ether oxygens (including phenoxy) is 2. The van der Waals surface area contributed by atoms with E-state index in [1.807, 2.05) is 6.92 Å². The van der Waals surface area contributed by atoms with E-state index in [1.54, 1.807) is 11.8 Å². The molecule has 5 nitrogen and oxygen atoms in total. The fraction of sp³-hybridized carbons (Fsp3) is 0.636. The van der Waals surface area contributed by atoms with Crippen molar-refractivity contribution in [2.75, 3.05) is 26.9 Å². The van der Waals surface area contributed by atoms with Crippen LogP contribution in [-0.4, -0.2) is 42.5 Å². The van der Waals surface area contributed by atoms with Crippen molar-refractivity contribution in [1.82, 2.24) is 9.78 Å². The van der Waals surface area contributed by atoms with Gasteiger partial charge in [0.1, 0.15) is 12.3 Å². The first-order chi connectivity index (χ1) is 8.20. The molecule has 0 atom stereocenters. The van der Waals surface area contributed by atoms with Crippen LogP contribution in [0.4, 0.5) is 0 Å². The van der Waals surface area contributed by atoms with Gasteiger partial charge in [-0.2, -0.15) is 5.10 Å². The van der Waals surface area contributed by atoms with E-state index in [0.29, 0.717) is 30.5 Å². The van der Waals surface area contributed by atoms with Crippen LogP contribution in [0.25, 0.3) is 0 Å². The van der Waals surface area contributed by atoms with Gasteiger partial charge in [0.25, 0.3) is 0 Å². The summed E-state index contributed by atoms with van der Waals surface area (Å²) < 4.78 is 11.7. The molecule has 96 valence electrons. The first kappa shape index (κ1) is 14.2. The quantitative estimate of drug-likeness (QED) is 0.528. The van der Waals surface area contributed by atoms with Crippen molar-refractivity contribution in [3.8, 4) is 0 Å². The van der Waals surface area contributed by atoms with Crippen LogP contribution in [0.3, 0.4) is 0 Å². The lowest BCUT2D eigenvalue weighted by molar-refractivity contribution is 0.0748. The number of carbonyl (C=O) groups is 1. The number of aromatic nitrogens is 2. The van der Waals surface area contributed by atoms with Crippen LogP contribution < -0.4 is 0 Å². The normalized spacial score (nSPS) is 10.8. The number of carbonyl (C=O) groups excluding carboxylic acids is 1. The first-order valence-corrected chi connectivity index (χ1v) is 5.89. The summed E-state index contributed by atoms with van der Waals surface area (Å²) in [6, 6.07) is 0. The summed E-state index contributed by atoms with van der Waals surface area (Å²) in [6.07, 6.45) is 2.34. The number of hydrogen-bond donors (Lipinski definition) is 0. The molecule has 0 saturated carbocycles. The highest BCUT2D eigenvalue weighted by Crippen LogP contribution is 2.15. The maximum Gasteiger partial charge on any atom is 0.207 e. The lowest BCUT2D eigenvalue weighted by Gasteiger charge is -2.07. The minimum Gasteiger partial charge on any atom is -0.383 e. The highest BCUT2D eigenvalue weighted by Gasteiger charge is 2.17. The van der Waals surface area contributed by atoms with Crippen molar-refractivity contribution in [3.05, 3.63) is 16.9 Å². The van der Waals surface area contributed by atoms with Crippen LogP contribution in [0, 0.1) is 0 Å². The Hall–Kier alpha value is -0.910. The maximum absolute atomic E-state index is 11.9. The van der Waals surface area contributed by atoms with E-state index < -0.39 is 0 Å². The molecule has 0 amide bonds. The second kappa shape index (κ2) is 7.42. The van der Waals surface area contributed by atoms with E-state index in [9.17, 15) is 4.79 Å². The Morgan fingerprint density at radius 2 is 2.29 bits per heavy atom. The van der Waals surface area contributed by atoms with Crippen molar-refractivity contribution < 1.29 is 14.3 Å². The molecule has 6 heteroatoms. The van der Waals surface area contributed by atoms with Crippen molar-refractivity contribution in [3.63, 3.8) is 0 Å². The van der Waals surface area contributed by atoms with Crippen LogP contribution >= 0.6 is 11.6 Å². The summed E-state index contributed by atoms with van der Waals surface area (Å²) >= 11 is 5.93. The zero-order chi connectivity index (χ0) is 12.7. The molecular formula is C11H17ClN2O3. The molecule has 0 fully saturated rings. The monoisotopic (exact) mass is 260 g/mol. The van der Waals surface area contributed by atoms with Crippen molar-refractivity contribution >= 4 is 17.4 Å². The summed E-state index contributed by atoms with van der Waals surface area (Å²) in [5.74, 6) is -0.156. The predicted octanol–water partition coefficient (Wildman–Crippen LogP) is 1.79. The number of methoxy groups -OCH3 is 1. The van der Waals surface area contributed by atoms with Crippen molar-refractivity contribution in [2.45, 2.75) is 19.9 Å². The van der Waals surface area contributed by atoms with E-state index in [4.69, 9.17) is 21.1 Å². The smallest absolute Gasteiger partial charge is 0.207 e. The van der Waals surface area contributed by atoms with Gasteiger partial charge in [0, 0.05) is 13.7 Å². The topological polar surface area (TPSA) is 53.3 Å². The molecule has 1 aromatic heterocycles. The number of halogens is 1. The van der Waals surface area contributed by atoms with Crippen molar-refractivity contribution in [2.24, 2.45) is 0 Å². The van der Waals surface area contributed by atoms with Crippen LogP contribution in [0.15, 0.2) is 6.20 Å². The molecule has 0 bridgehead atoms. The number of hydrogen-bond acceptors (Lipinski definition) is 4. The van der Waals surface area contributed by atoms with E-state index in [2.05, 4.69) is 5.10 Å². The Labute approximate surface area is 106 Å². The first-order valence-electron chi connectivity index (χ1n) is 5.51. The summed E-state index contributed by atoms with van der Waals surface area (Å²) in [6.45, 7) is 3.56. The van der Waals surface area contributed by atoms with Crippen LogP contribution in [-0.2, 0) is 16.0 Å². The molecular weight excluding hydrogens is 244 g/mol.